The van der Waals surface area contributed by atoms with Crippen molar-refractivity contribution < 1.29 is 13.2 Å². The van der Waals surface area contributed by atoms with Gasteiger partial charge in [0.1, 0.15) is 6.29 Å². The van der Waals surface area contributed by atoms with E-state index in [4.69, 9.17) is 16.6 Å². The Bertz CT molecular complexity index is 1180. The number of rotatable bonds is 8. The highest BCUT2D eigenvalue weighted by molar-refractivity contribution is 7.91. The van der Waals surface area contributed by atoms with Crippen LogP contribution >= 0.6 is 11.6 Å². The molecule has 4 rings (SSSR count). The van der Waals surface area contributed by atoms with Crippen LogP contribution in [0.1, 0.15) is 57.1 Å². The summed E-state index contributed by atoms with van der Waals surface area (Å²) < 4.78 is 21.8. The molecule has 0 radical (unpaired) electrons. The largest absolute Gasteiger partial charge is 0.368 e. The molecule has 2 aromatic rings. The van der Waals surface area contributed by atoms with Crippen molar-refractivity contribution in [2.45, 2.75) is 58.3 Å². The van der Waals surface area contributed by atoms with Crippen LogP contribution in [0.15, 0.2) is 41.7 Å². The molecule has 1 aliphatic heterocycles. The number of hydrogen-bond donors (Lipinski definition) is 0. The minimum Gasteiger partial charge on any atom is -0.368 e. The van der Waals surface area contributed by atoms with Gasteiger partial charge in [0.2, 0.25) is 0 Å². The summed E-state index contributed by atoms with van der Waals surface area (Å²) in [5, 5.41) is 0.682. The van der Waals surface area contributed by atoms with Gasteiger partial charge in [0.15, 0.2) is 9.84 Å². The van der Waals surface area contributed by atoms with Crippen LogP contribution in [0.25, 0.3) is 0 Å². The van der Waals surface area contributed by atoms with Gasteiger partial charge in [-0.1, -0.05) is 31.0 Å². The van der Waals surface area contributed by atoms with Crippen molar-refractivity contribution in [3.8, 4) is 0 Å². The minimum absolute atomic E-state index is 0.318. The van der Waals surface area contributed by atoms with E-state index in [9.17, 15) is 13.2 Å². The lowest BCUT2D eigenvalue weighted by molar-refractivity contribution is -0.109. The van der Waals surface area contributed by atoms with Gasteiger partial charge in [-0.15, -0.1) is 0 Å². The Labute approximate surface area is 214 Å². The number of benzene rings is 1. The third kappa shape index (κ3) is 7.37. The summed E-state index contributed by atoms with van der Waals surface area (Å²) >= 11 is 6.07. The van der Waals surface area contributed by atoms with E-state index in [1.165, 1.54) is 0 Å². The minimum atomic E-state index is -2.62. The van der Waals surface area contributed by atoms with Crippen molar-refractivity contribution in [1.82, 2.24) is 4.98 Å². The summed E-state index contributed by atoms with van der Waals surface area (Å²) in [6, 6.07) is 7.68. The lowest BCUT2D eigenvalue weighted by Crippen LogP contribution is -2.27. The highest BCUT2D eigenvalue weighted by Crippen LogP contribution is 2.49. The Morgan fingerprint density at radius 2 is 2.06 bits per heavy atom. The van der Waals surface area contributed by atoms with Crippen molar-refractivity contribution in [1.29, 1.82) is 0 Å². The summed E-state index contributed by atoms with van der Waals surface area (Å²) in [6.45, 7) is 6.77. The molecule has 1 unspecified atom stereocenters. The van der Waals surface area contributed by atoms with Gasteiger partial charge in [-0.05, 0) is 74.8 Å². The van der Waals surface area contributed by atoms with Crippen molar-refractivity contribution in [2.24, 2.45) is 10.9 Å². The van der Waals surface area contributed by atoms with E-state index in [0.29, 0.717) is 29.0 Å². The molecule has 6 nitrogen and oxygen atoms in total. The molecular weight excluding hydrogens is 482 g/mol. The van der Waals surface area contributed by atoms with Crippen molar-refractivity contribution in [3.05, 3.63) is 52.8 Å². The molecule has 8 heteroatoms. The maximum atomic E-state index is 11.5. The van der Waals surface area contributed by atoms with Crippen LogP contribution in [-0.2, 0) is 20.0 Å². The van der Waals surface area contributed by atoms with Gasteiger partial charge in [0.25, 0.3) is 0 Å². The Hall–Kier alpha value is -2.25. The summed E-state index contributed by atoms with van der Waals surface area (Å²) in [5.74, 6) is 1.34. The molecule has 0 spiro atoms. The zero-order chi connectivity index (χ0) is 25.6. The number of aryl methyl sites for hydroxylation is 1. The number of sulfone groups is 1. The number of anilines is 1. The maximum absolute atomic E-state index is 11.5. The zero-order valence-electron chi connectivity index (χ0n) is 21.1. The number of aliphatic imine (C=N–C) groups is 1. The van der Waals surface area contributed by atoms with E-state index in [0.717, 1.165) is 66.6 Å². The number of hydrogen-bond acceptors (Lipinski definition) is 6. The number of aldehydes is 1. The van der Waals surface area contributed by atoms with Crippen LogP contribution in [0.2, 0.25) is 5.02 Å². The highest BCUT2D eigenvalue weighted by atomic mass is 35.5. The van der Waals surface area contributed by atoms with E-state index < -0.39 is 9.84 Å². The van der Waals surface area contributed by atoms with E-state index in [1.54, 1.807) is 6.20 Å². The first kappa shape index (κ1) is 27.3. The van der Waals surface area contributed by atoms with Crippen LogP contribution < -0.4 is 4.90 Å². The number of aromatic nitrogens is 1. The summed E-state index contributed by atoms with van der Waals surface area (Å²) in [6.07, 6.45) is 9.58. The molecule has 35 heavy (non-hydrogen) atoms. The fourth-order valence-electron chi connectivity index (χ4n) is 4.58. The molecular formula is C27H36ClN3O3S. The molecule has 190 valence electrons. The number of carbonyl (C=O) groups is 1. The van der Waals surface area contributed by atoms with Crippen LogP contribution in [0.3, 0.4) is 0 Å². The number of nitrogens with zero attached hydrogens (tertiary/aromatic N) is 3. The summed E-state index contributed by atoms with van der Waals surface area (Å²) in [7, 11) is -0.612. The third-order valence-electron chi connectivity index (χ3n) is 6.73. The predicted molar refractivity (Wildman–Crippen MR) is 145 cm³/mol. The van der Waals surface area contributed by atoms with Gasteiger partial charge < -0.3 is 9.69 Å². The summed E-state index contributed by atoms with van der Waals surface area (Å²) in [5.41, 5.74) is 4.68. The predicted octanol–water partition coefficient (Wildman–Crippen LogP) is 5.72. The second-order valence-electron chi connectivity index (χ2n) is 9.86. The topological polar surface area (TPSA) is 79.7 Å². The Balaban J connectivity index is 0.000000287. The zero-order valence-corrected chi connectivity index (χ0v) is 22.7. The molecule has 0 amide bonds. The first-order chi connectivity index (χ1) is 16.6. The molecule has 2 heterocycles. The van der Waals surface area contributed by atoms with Gasteiger partial charge in [-0.2, -0.15) is 0 Å². The van der Waals surface area contributed by atoms with Crippen molar-refractivity contribution in [3.63, 3.8) is 0 Å². The van der Waals surface area contributed by atoms with Crippen LogP contribution in [0, 0.1) is 12.8 Å². The second-order valence-corrected chi connectivity index (χ2v) is 12.5. The van der Waals surface area contributed by atoms with E-state index in [-0.39, 0.29) is 5.41 Å². The highest BCUT2D eigenvalue weighted by Gasteiger charge is 2.46. The van der Waals surface area contributed by atoms with Gasteiger partial charge in [-0.3, -0.25) is 9.98 Å². The molecule has 1 saturated carbocycles. The average Bonchev–Trinajstić information content (AvgIpc) is 3.54. The molecule has 1 aromatic heterocycles. The first-order valence-electron chi connectivity index (χ1n) is 12.2. The molecule has 0 N–H and O–H groups in total. The van der Waals surface area contributed by atoms with Crippen molar-refractivity contribution >= 4 is 44.8 Å². The van der Waals surface area contributed by atoms with Crippen molar-refractivity contribution in [2.75, 3.05) is 30.0 Å². The van der Waals surface area contributed by atoms with Gasteiger partial charge in [0.05, 0.1) is 41.0 Å². The molecule has 1 saturated heterocycles. The van der Waals surface area contributed by atoms with Crippen LogP contribution in [0.5, 0.6) is 0 Å². The lowest BCUT2D eigenvalue weighted by atomic mass is 9.97. The standard InChI is InChI=1S/C20H22ClN3O.C7H14O2S/c1-14-4-5-16(21)10-18(14)23-15(2)12-24(3)19-11-22-9-6-17(19)20(13-25)7-8-20;1-2-3-7-4-5-10(8,9)6-7/h4-6,9-11,13H,7-8,12H2,1-3H3;7H,2-6H2,1H3. The quantitative estimate of drug-likeness (QED) is 0.330. The monoisotopic (exact) mass is 517 g/mol. The number of halogens is 1. The third-order valence-corrected chi connectivity index (χ3v) is 8.81. The Kier molecular flexibility index (Phi) is 9.11. The van der Waals surface area contributed by atoms with E-state index >= 15 is 0 Å². The number of carbonyl (C=O) groups excluding carboxylic acids is 1. The van der Waals surface area contributed by atoms with E-state index in [2.05, 4.69) is 16.8 Å². The number of pyridine rings is 1. The smallest absolute Gasteiger partial charge is 0.150 e. The fraction of sp³-hybridized carbons (Fsp3) is 0.519. The van der Waals surface area contributed by atoms with Gasteiger partial charge in [-0.25, -0.2) is 8.42 Å². The SMILES string of the molecule is CC(CN(C)c1cnccc1C1(C=O)CC1)=Nc1cc(Cl)ccc1C.CCCC1CCS(=O)(=O)C1. The first-order valence-corrected chi connectivity index (χ1v) is 14.4. The molecule has 2 fully saturated rings. The maximum Gasteiger partial charge on any atom is 0.150 e. The molecule has 1 aromatic carbocycles. The molecule has 2 aliphatic rings. The summed E-state index contributed by atoms with van der Waals surface area (Å²) in [4.78, 5) is 22.6. The molecule has 1 atom stereocenters. The Morgan fingerprint density at radius 3 is 2.66 bits per heavy atom. The second kappa shape index (κ2) is 11.7. The molecule has 0 bridgehead atoms. The van der Waals surface area contributed by atoms with Crippen LogP contribution in [-0.4, -0.2) is 50.5 Å². The average molecular weight is 518 g/mol. The van der Waals surface area contributed by atoms with Crippen LogP contribution in [0.4, 0.5) is 11.4 Å². The van der Waals surface area contributed by atoms with E-state index in [1.807, 2.05) is 51.4 Å². The molecule has 1 aliphatic carbocycles. The normalized spacial score (nSPS) is 20.0. The Morgan fingerprint density at radius 1 is 1.31 bits per heavy atom. The lowest BCUT2D eigenvalue weighted by Gasteiger charge is -2.24. The fourth-order valence-corrected chi connectivity index (χ4v) is 6.65. The van der Waals surface area contributed by atoms with Gasteiger partial charge >= 0.3 is 0 Å². The van der Waals surface area contributed by atoms with Gasteiger partial charge in [0, 0.05) is 24.0 Å².